The molecule has 3 heteroatoms. The fourth-order valence-corrected chi connectivity index (χ4v) is 4.54. The first-order valence-electron chi connectivity index (χ1n) is 9.81. The number of carbonyl (C=O) groups excluding carboxylic acids is 1. The van der Waals surface area contributed by atoms with Crippen molar-refractivity contribution in [2.45, 2.75) is 43.6 Å². The molecule has 0 aliphatic carbocycles. The van der Waals surface area contributed by atoms with E-state index in [2.05, 4.69) is 65.6 Å². The summed E-state index contributed by atoms with van der Waals surface area (Å²) >= 11 is 0. The first-order chi connectivity index (χ1) is 12.8. The molecule has 2 fully saturated rings. The fourth-order valence-electron chi connectivity index (χ4n) is 4.54. The number of carbonyl (C=O) groups is 1. The molecule has 136 valence electrons. The van der Waals surface area contributed by atoms with Gasteiger partial charge in [-0.2, -0.15) is 0 Å². The Labute approximate surface area is 156 Å². The molecule has 0 spiro atoms. The van der Waals surface area contributed by atoms with E-state index in [9.17, 15) is 4.79 Å². The first-order valence-corrected chi connectivity index (χ1v) is 9.81. The second-order valence-corrected chi connectivity index (χ2v) is 7.53. The van der Waals surface area contributed by atoms with Crippen LogP contribution < -0.4 is 0 Å². The number of benzene rings is 2. The molecule has 1 atom stereocenters. The maximum atomic E-state index is 13.1. The lowest BCUT2D eigenvalue weighted by Gasteiger charge is -2.45. The van der Waals surface area contributed by atoms with Gasteiger partial charge < -0.3 is 9.64 Å². The number of amides is 1. The largest absolute Gasteiger partial charge is 0.368 e. The quantitative estimate of drug-likeness (QED) is 0.832. The molecular formula is C23H27NO2. The van der Waals surface area contributed by atoms with Crippen molar-refractivity contribution in [1.82, 2.24) is 4.90 Å². The second kappa shape index (κ2) is 7.63. The molecule has 3 nitrogen and oxygen atoms in total. The van der Waals surface area contributed by atoms with E-state index in [0.29, 0.717) is 6.61 Å². The third kappa shape index (κ3) is 3.28. The summed E-state index contributed by atoms with van der Waals surface area (Å²) in [7, 11) is 0. The Bertz CT molecular complexity index is 683. The monoisotopic (exact) mass is 349 g/mol. The highest BCUT2D eigenvalue weighted by Gasteiger charge is 2.41. The smallest absolute Gasteiger partial charge is 0.251 e. The van der Waals surface area contributed by atoms with Crippen molar-refractivity contribution >= 4 is 5.91 Å². The van der Waals surface area contributed by atoms with Crippen molar-refractivity contribution in [1.29, 1.82) is 0 Å². The molecule has 26 heavy (non-hydrogen) atoms. The van der Waals surface area contributed by atoms with Gasteiger partial charge in [0.1, 0.15) is 6.10 Å². The molecule has 4 rings (SSSR count). The third-order valence-electron chi connectivity index (χ3n) is 5.91. The van der Waals surface area contributed by atoms with E-state index in [1.165, 1.54) is 11.1 Å². The summed E-state index contributed by atoms with van der Waals surface area (Å²) in [6, 6.07) is 21.4. The lowest BCUT2D eigenvalue weighted by molar-refractivity contribution is -0.148. The summed E-state index contributed by atoms with van der Waals surface area (Å²) in [6.07, 6.45) is 4.86. The molecule has 0 unspecified atom stereocenters. The molecule has 0 N–H and O–H groups in total. The highest BCUT2D eigenvalue weighted by atomic mass is 16.5. The summed E-state index contributed by atoms with van der Waals surface area (Å²) in [5, 5.41) is 0. The molecule has 2 aromatic rings. The summed E-state index contributed by atoms with van der Waals surface area (Å²) in [4.78, 5) is 15.2. The maximum absolute atomic E-state index is 13.1. The van der Waals surface area contributed by atoms with Gasteiger partial charge >= 0.3 is 0 Å². The number of hydrogen-bond donors (Lipinski definition) is 0. The average molecular weight is 349 g/mol. The van der Waals surface area contributed by atoms with E-state index in [4.69, 9.17) is 4.74 Å². The molecule has 0 bridgehead atoms. The Kier molecular flexibility index (Phi) is 5.07. The maximum Gasteiger partial charge on any atom is 0.251 e. The minimum Gasteiger partial charge on any atom is -0.368 e. The standard InChI is InChI=1S/C23H27NO2/c25-22(21-14-7-8-17-26-21)24-16-9-15-23(18-24,19-10-3-1-4-11-19)20-12-5-2-6-13-20/h1-6,10-13,21H,7-9,14-18H2/t21-/m0/s1. The number of hydrogen-bond acceptors (Lipinski definition) is 2. The Balaban J connectivity index is 1.67. The Morgan fingerprint density at radius 2 is 1.58 bits per heavy atom. The number of ether oxygens (including phenoxy) is 1. The highest BCUT2D eigenvalue weighted by Crippen LogP contribution is 2.40. The summed E-state index contributed by atoms with van der Waals surface area (Å²) in [5.41, 5.74) is 2.46. The molecule has 2 aliphatic rings. The van der Waals surface area contributed by atoms with Crippen LogP contribution in [-0.4, -0.2) is 36.6 Å². The van der Waals surface area contributed by atoms with Gasteiger partial charge in [0, 0.05) is 25.1 Å². The topological polar surface area (TPSA) is 29.5 Å². The minimum absolute atomic E-state index is 0.134. The van der Waals surface area contributed by atoms with Crippen molar-refractivity contribution < 1.29 is 9.53 Å². The summed E-state index contributed by atoms with van der Waals surface area (Å²) in [6.45, 7) is 2.28. The Morgan fingerprint density at radius 1 is 0.923 bits per heavy atom. The highest BCUT2D eigenvalue weighted by molar-refractivity contribution is 5.81. The summed E-state index contributed by atoms with van der Waals surface area (Å²) in [5.74, 6) is 0.181. The minimum atomic E-state index is -0.244. The van der Waals surface area contributed by atoms with Gasteiger partial charge in [-0.3, -0.25) is 4.79 Å². The van der Waals surface area contributed by atoms with Crippen LogP contribution in [0.25, 0.3) is 0 Å². The van der Waals surface area contributed by atoms with Gasteiger partial charge in [0.05, 0.1) is 0 Å². The van der Waals surface area contributed by atoms with Crippen LogP contribution in [0.5, 0.6) is 0 Å². The van der Waals surface area contributed by atoms with Gasteiger partial charge in [0.15, 0.2) is 0 Å². The zero-order valence-corrected chi connectivity index (χ0v) is 15.3. The van der Waals surface area contributed by atoms with Crippen LogP contribution in [0.4, 0.5) is 0 Å². The predicted molar refractivity (Wildman–Crippen MR) is 103 cm³/mol. The van der Waals surface area contributed by atoms with Crippen LogP contribution in [0, 0.1) is 0 Å². The van der Waals surface area contributed by atoms with Gasteiger partial charge in [-0.25, -0.2) is 0 Å². The molecule has 2 heterocycles. The molecular weight excluding hydrogens is 322 g/mol. The molecule has 0 aromatic heterocycles. The average Bonchev–Trinajstić information content (AvgIpc) is 2.75. The molecule has 2 aromatic carbocycles. The summed E-state index contributed by atoms with van der Waals surface area (Å²) < 4.78 is 5.78. The normalized spacial score (nSPS) is 22.8. The van der Waals surface area contributed by atoms with Gasteiger partial charge in [-0.05, 0) is 43.2 Å². The molecule has 2 saturated heterocycles. The van der Waals surface area contributed by atoms with Gasteiger partial charge in [-0.15, -0.1) is 0 Å². The van der Waals surface area contributed by atoms with Crippen LogP contribution in [0.3, 0.4) is 0 Å². The van der Waals surface area contributed by atoms with Crippen LogP contribution in [-0.2, 0) is 14.9 Å². The van der Waals surface area contributed by atoms with Crippen molar-refractivity contribution in [3.05, 3.63) is 71.8 Å². The number of piperidine rings is 1. The SMILES string of the molecule is O=C([C@@H]1CCCCO1)N1CCCC(c2ccccc2)(c2ccccc2)C1. The molecule has 0 saturated carbocycles. The Morgan fingerprint density at radius 3 is 2.15 bits per heavy atom. The van der Waals surface area contributed by atoms with E-state index in [-0.39, 0.29) is 17.4 Å². The van der Waals surface area contributed by atoms with Crippen molar-refractivity contribution in [2.75, 3.05) is 19.7 Å². The number of likely N-dealkylation sites (tertiary alicyclic amines) is 1. The molecule has 2 aliphatic heterocycles. The lowest BCUT2D eigenvalue weighted by atomic mass is 9.69. The second-order valence-electron chi connectivity index (χ2n) is 7.53. The van der Waals surface area contributed by atoms with Gasteiger partial charge in [0.25, 0.3) is 5.91 Å². The van der Waals surface area contributed by atoms with E-state index in [0.717, 1.165) is 45.2 Å². The van der Waals surface area contributed by atoms with Crippen LogP contribution in [0.15, 0.2) is 60.7 Å². The van der Waals surface area contributed by atoms with Crippen molar-refractivity contribution in [3.63, 3.8) is 0 Å². The van der Waals surface area contributed by atoms with Crippen LogP contribution in [0.2, 0.25) is 0 Å². The Hall–Kier alpha value is -2.13. The first kappa shape index (κ1) is 17.3. The van der Waals surface area contributed by atoms with E-state index in [1.807, 2.05) is 0 Å². The van der Waals surface area contributed by atoms with Crippen molar-refractivity contribution in [3.8, 4) is 0 Å². The molecule has 1 amide bonds. The third-order valence-corrected chi connectivity index (χ3v) is 5.91. The van der Waals surface area contributed by atoms with E-state index in [1.54, 1.807) is 0 Å². The van der Waals surface area contributed by atoms with Gasteiger partial charge in [0.2, 0.25) is 0 Å². The fraction of sp³-hybridized carbons (Fsp3) is 0.435. The lowest BCUT2D eigenvalue weighted by Crippen LogP contribution is -2.52. The predicted octanol–water partition coefficient (Wildman–Crippen LogP) is 4.16. The zero-order valence-electron chi connectivity index (χ0n) is 15.3. The van der Waals surface area contributed by atoms with Crippen LogP contribution >= 0.6 is 0 Å². The molecule has 0 radical (unpaired) electrons. The number of rotatable bonds is 3. The zero-order chi connectivity index (χ0) is 17.8. The number of nitrogens with zero attached hydrogens (tertiary/aromatic N) is 1. The van der Waals surface area contributed by atoms with Crippen molar-refractivity contribution in [2.24, 2.45) is 0 Å². The van der Waals surface area contributed by atoms with E-state index >= 15 is 0 Å². The van der Waals surface area contributed by atoms with Crippen LogP contribution in [0.1, 0.15) is 43.2 Å². The van der Waals surface area contributed by atoms with E-state index < -0.39 is 0 Å². The van der Waals surface area contributed by atoms with Gasteiger partial charge in [-0.1, -0.05) is 60.7 Å².